The Morgan fingerprint density at radius 2 is 2.00 bits per heavy atom. The summed E-state index contributed by atoms with van der Waals surface area (Å²) >= 11 is 0. The zero-order valence-corrected chi connectivity index (χ0v) is 10.3. The highest BCUT2D eigenvalue weighted by Gasteiger charge is 2.34. The molecule has 2 atom stereocenters. The van der Waals surface area contributed by atoms with E-state index in [1.165, 1.54) is 11.1 Å². The van der Waals surface area contributed by atoms with Gasteiger partial charge in [0, 0.05) is 12.1 Å². The molecule has 2 heteroatoms. The van der Waals surface area contributed by atoms with Gasteiger partial charge in [0.25, 0.3) is 0 Å². The Morgan fingerprint density at radius 1 is 1.22 bits per heavy atom. The fraction of sp³-hybridized carbons (Fsp3) is 0.250. The standard InChI is InChI=1S/C16H15NO/c1-11(15-8-4-5-9-17-15)16(18)14-10-12-6-2-3-7-13(12)14/h2-9,11,14H,10H2,1H3. The molecule has 1 heterocycles. The Hall–Kier alpha value is -1.96. The minimum atomic E-state index is -0.121. The largest absolute Gasteiger partial charge is 0.298 e. The maximum absolute atomic E-state index is 12.4. The second kappa shape index (κ2) is 4.37. The monoisotopic (exact) mass is 237 g/mol. The highest BCUT2D eigenvalue weighted by molar-refractivity contribution is 5.93. The first kappa shape index (κ1) is 11.1. The number of carbonyl (C=O) groups is 1. The Morgan fingerprint density at radius 3 is 2.72 bits per heavy atom. The number of hydrogen-bond donors (Lipinski definition) is 0. The average Bonchev–Trinajstić information content (AvgIpc) is 2.40. The number of carbonyl (C=O) groups excluding carboxylic acids is 1. The summed E-state index contributed by atoms with van der Waals surface area (Å²) in [6.45, 7) is 1.95. The van der Waals surface area contributed by atoms with E-state index in [0.29, 0.717) is 0 Å². The van der Waals surface area contributed by atoms with Gasteiger partial charge in [-0.3, -0.25) is 9.78 Å². The average molecular weight is 237 g/mol. The van der Waals surface area contributed by atoms with Crippen molar-refractivity contribution in [3.63, 3.8) is 0 Å². The van der Waals surface area contributed by atoms with E-state index < -0.39 is 0 Å². The SMILES string of the molecule is CC(C(=O)C1Cc2ccccc21)c1ccccn1. The second-order valence-corrected chi connectivity index (χ2v) is 4.83. The summed E-state index contributed by atoms with van der Waals surface area (Å²) in [7, 11) is 0. The van der Waals surface area contributed by atoms with Crippen LogP contribution in [0.1, 0.15) is 35.6 Å². The summed E-state index contributed by atoms with van der Waals surface area (Å²) < 4.78 is 0. The molecule has 0 amide bonds. The molecule has 18 heavy (non-hydrogen) atoms. The van der Waals surface area contributed by atoms with Gasteiger partial charge in [-0.05, 0) is 36.6 Å². The van der Waals surface area contributed by atoms with Gasteiger partial charge in [0.15, 0.2) is 0 Å². The van der Waals surface area contributed by atoms with E-state index in [0.717, 1.165) is 12.1 Å². The predicted molar refractivity (Wildman–Crippen MR) is 70.5 cm³/mol. The van der Waals surface area contributed by atoms with Crippen LogP contribution in [0.25, 0.3) is 0 Å². The zero-order chi connectivity index (χ0) is 12.5. The molecule has 0 bridgehead atoms. The first-order valence-electron chi connectivity index (χ1n) is 6.30. The lowest BCUT2D eigenvalue weighted by Crippen LogP contribution is -2.28. The van der Waals surface area contributed by atoms with Crippen LogP contribution in [0, 0.1) is 0 Å². The van der Waals surface area contributed by atoms with Crippen molar-refractivity contribution in [2.75, 3.05) is 0 Å². The molecule has 0 spiro atoms. The molecule has 0 saturated carbocycles. The van der Waals surface area contributed by atoms with Gasteiger partial charge in [-0.1, -0.05) is 30.3 Å². The van der Waals surface area contributed by atoms with Crippen LogP contribution in [0.15, 0.2) is 48.7 Å². The number of hydrogen-bond acceptors (Lipinski definition) is 2. The van der Waals surface area contributed by atoms with E-state index in [9.17, 15) is 4.79 Å². The molecular weight excluding hydrogens is 222 g/mol. The van der Waals surface area contributed by atoms with Crippen LogP contribution in [0.2, 0.25) is 0 Å². The summed E-state index contributed by atoms with van der Waals surface area (Å²) in [6, 6.07) is 13.9. The number of nitrogens with zero attached hydrogens (tertiary/aromatic N) is 1. The highest BCUT2D eigenvalue weighted by atomic mass is 16.1. The maximum atomic E-state index is 12.4. The Kier molecular flexibility index (Phi) is 2.71. The van der Waals surface area contributed by atoms with Crippen LogP contribution >= 0.6 is 0 Å². The summed E-state index contributed by atoms with van der Waals surface area (Å²) in [5, 5.41) is 0. The van der Waals surface area contributed by atoms with Gasteiger partial charge in [0.2, 0.25) is 0 Å². The Balaban J connectivity index is 1.82. The van der Waals surface area contributed by atoms with Gasteiger partial charge in [-0.15, -0.1) is 0 Å². The summed E-state index contributed by atoms with van der Waals surface area (Å²) in [6.07, 6.45) is 2.63. The molecule has 1 aromatic carbocycles. The second-order valence-electron chi connectivity index (χ2n) is 4.83. The van der Waals surface area contributed by atoms with Crippen LogP contribution in [0.5, 0.6) is 0 Å². The quantitative estimate of drug-likeness (QED) is 0.821. The number of aromatic nitrogens is 1. The van der Waals surface area contributed by atoms with Crippen LogP contribution in [-0.4, -0.2) is 10.8 Å². The van der Waals surface area contributed by atoms with Crippen molar-refractivity contribution < 1.29 is 4.79 Å². The number of rotatable bonds is 3. The molecule has 0 N–H and O–H groups in total. The normalized spacial score (nSPS) is 18.6. The lowest BCUT2D eigenvalue weighted by atomic mass is 9.72. The van der Waals surface area contributed by atoms with Crippen molar-refractivity contribution in [3.05, 3.63) is 65.5 Å². The van der Waals surface area contributed by atoms with Crippen molar-refractivity contribution in [1.29, 1.82) is 0 Å². The smallest absolute Gasteiger partial charge is 0.149 e. The molecule has 0 saturated heterocycles. The number of ketones is 1. The van der Waals surface area contributed by atoms with E-state index in [4.69, 9.17) is 0 Å². The minimum absolute atomic E-state index is 0.0678. The van der Waals surface area contributed by atoms with Crippen LogP contribution in [0.4, 0.5) is 0 Å². The molecule has 1 aliphatic rings. The van der Waals surface area contributed by atoms with E-state index in [1.807, 2.05) is 37.3 Å². The third-order valence-electron chi connectivity index (χ3n) is 3.76. The first-order valence-corrected chi connectivity index (χ1v) is 6.30. The maximum Gasteiger partial charge on any atom is 0.149 e. The molecule has 3 rings (SSSR count). The van der Waals surface area contributed by atoms with Gasteiger partial charge in [-0.2, -0.15) is 0 Å². The van der Waals surface area contributed by atoms with Crippen molar-refractivity contribution in [2.45, 2.75) is 25.2 Å². The fourth-order valence-corrected chi connectivity index (χ4v) is 2.59. The van der Waals surface area contributed by atoms with Gasteiger partial charge in [0.05, 0.1) is 11.6 Å². The van der Waals surface area contributed by atoms with Crippen molar-refractivity contribution in [2.24, 2.45) is 0 Å². The van der Waals surface area contributed by atoms with E-state index in [1.54, 1.807) is 6.20 Å². The molecule has 0 fully saturated rings. The first-order chi connectivity index (χ1) is 8.77. The lowest BCUT2D eigenvalue weighted by molar-refractivity contribution is -0.122. The van der Waals surface area contributed by atoms with Crippen LogP contribution < -0.4 is 0 Å². The van der Waals surface area contributed by atoms with Gasteiger partial charge >= 0.3 is 0 Å². The summed E-state index contributed by atoms with van der Waals surface area (Å²) in [4.78, 5) is 16.7. The third kappa shape index (κ3) is 1.74. The Bertz CT molecular complexity index is 573. The topological polar surface area (TPSA) is 30.0 Å². The summed E-state index contributed by atoms with van der Waals surface area (Å²) in [5.41, 5.74) is 3.38. The highest BCUT2D eigenvalue weighted by Crippen LogP contribution is 2.38. The number of pyridine rings is 1. The zero-order valence-electron chi connectivity index (χ0n) is 10.3. The number of fused-ring (bicyclic) bond motifs is 1. The van der Waals surface area contributed by atoms with Gasteiger partial charge in [0.1, 0.15) is 5.78 Å². The number of Topliss-reactive ketones (excluding diaryl/α,β-unsaturated/α-hetero) is 1. The molecule has 1 aromatic heterocycles. The molecule has 90 valence electrons. The molecule has 2 aromatic rings. The van der Waals surface area contributed by atoms with Crippen molar-refractivity contribution in [3.8, 4) is 0 Å². The molecule has 1 aliphatic carbocycles. The molecule has 0 radical (unpaired) electrons. The fourth-order valence-electron chi connectivity index (χ4n) is 2.59. The third-order valence-corrected chi connectivity index (χ3v) is 3.76. The molecule has 2 nitrogen and oxygen atoms in total. The Labute approximate surface area is 107 Å². The van der Waals surface area contributed by atoms with E-state index in [-0.39, 0.29) is 17.6 Å². The van der Waals surface area contributed by atoms with Crippen LogP contribution in [0.3, 0.4) is 0 Å². The van der Waals surface area contributed by atoms with Crippen molar-refractivity contribution in [1.82, 2.24) is 4.98 Å². The van der Waals surface area contributed by atoms with Gasteiger partial charge < -0.3 is 0 Å². The molecule has 0 aliphatic heterocycles. The minimum Gasteiger partial charge on any atom is -0.298 e. The summed E-state index contributed by atoms with van der Waals surface area (Å²) in [5.74, 6) is 0.232. The van der Waals surface area contributed by atoms with E-state index >= 15 is 0 Å². The van der Waals surface area contributed by atoms with Crippen LogP contribution in [-0.2, 0) is 11.2 Å². The predicted octanol–water partition coefficient (Wildman–Crippen LogP) is 3.09. The lowest BCUT2D eigenvalue weighted by Gasteiger charge is -2.30. The van der Waals surface area contributed by atoms with Gasteiger partial charge in [-0.25, -0.2) is 0 Å². The number of benzene rings is 1. The molecular formula is C16H15NO. The van der Waals surface area contributed by atoms with E-state index in [2.05, 4.69) is 17.1 Å². The van der Waals surface area contributed by atoms with Crippen molar-refractivity contribution >= 4 is 5.78 Å². The molecule has 2 unspecified atom stereocenters.